The predicted octanol–water partition coefficient (Wildman–Crippen LogP) is 3.21. The third-order valence-corrected chi connectivity index (χ3v) is 8.04. The number of hydrogen-bond donors (Lipinski definition) is 1. The van der Waals surface area contributed by atoms with Crippen molar-refractivity contribution < 1.29 is 27.5 Å². The lowest BCUT2D eigenvalue weighted by molar-refractivity contribution is -0.140. The normalized spacial score (nSPS) is 13.3. The Hall–Kier alpha value is -4.05. The van der Waals surface area contributed by atoms with Crippen LogP contribution in [0.4, 0.5) is 5.69 Å². The molecular weight excluding hydrogens is 506 g/mol. The van der Waals surface area contributed by atoms with E-state index in [0.29, 0.717) is 31.1 Å². The number of rotatable bonds is 10. The number of benzene rings is 3. The fourth-order valence-corrected chi connectivity index (χ4v) is 5.73. The number of amides is 2. The molecule has 0 aliphatic carbocycles. The SMILES string of the molecule is CC[C@H](C(=O)NC)N(Cc1ccccc1)C(=O)CN(c1ccc2c(c1)OCCO2)S(=O)(=O)c1ccccc1. The number of hydrogen-bond acceptors (Lipinski definition) is 6. The largest absolute Gasteiger partial charge is 0.486 e. The molecule has 38 heavy (non-hydrogen) atoms. The Morgan fingerprint density at radius 2 is 1.55 bits per heavy atom. The number of nitrogens with one attached hydrogen (secondary N) is 1. The van der Waals surface area contributed by atoms with Crippen molar-refractivity contribution in [3.05, 3.63) is 84.4 Å². The van der Waals surface area contributed by atoms with Crippen LogP contribution in [-0.2, 0) is 26.2 Å². The average Bonchev–Trinajstić information content (AvgIpc) is 2.96. The van der Waals surface area contributed by atoms with Crippen LogP contribution in [0.25, 0.3) is 0 Å². The molecule has 200 valence electrons. The molecule has 1 N–H and O–H groups in total. The lowest BCUT2D eigenvalue weighted by Gasteiger charge is -2.33. The van der Waals surface area contributed by atoms with E-state index in [1.807, 2.05) is 37.3 Å². The second-order valence-corrected chi connectivity index (χ2v) is 10.6. The number of nitrogens with zero attached hydrogens (tertiary/aromatic N) is 2. The van der Waals surface area contributed by atoms with E-state index in [0.717, 1.165) is 9.87 Å². The summed E-state index contributed by atoms with van der Waals surface area (Å²) < 4.78 is 40.0. The van der Waals surface area contributed by atoms with Crippen LogP contribution in [0.1, 0.15) is 18.9 Å². The molecule has 3 aromatic rings. The molecule has 1 heterocycles. The second-order valence-electron chi connectivity index (χ2n) is 8.70. The van der Waals surface area contributed by atoms with E-state index >= 15 is 0 Å². The highest BCUT2D eigenvalue weighted by Crippen LogP contribution is 2.36. The maximum absolute atomic E-state index is 13.9. The minimum absolute atomic E-state index is 0.0376. The zero-order chi connectivity index (χ0) is 27.1. The molecule has 10 heteroatoms. The van der Waals surface area contributed by atoms with E-state index in [2.05, 4.69) is 5.32 Å². The van der Waals surface area contributed by atoms with E-state index in [-0.39, 0.29) is 23.0 Å². The molecule has 4 rings (SSSR count). The van der Waals surface area contributed by atoms with Gasteiger partial charge in [0, 0.05) is 19.7 Å². The number of carbonyl (C=O) groups is 2. The molecule has 0 spiro atoms. The van der Waals surface area contributed by atoms with Gasteiger partial charge < -0.3 is 19.7 Å². The van der Waals surface area contributed by atoms with Crippen LogP contribution in [-0.4, -0.2) is 58.0 Å². The first-order chi connectivity index (χ1) is 18.3. The van der Waals surface area contributed by atoms with E-state index < -0.39 is 28.5 Å². The van der Waals surface area contributed by atoms with Gasteiger partial charge in [-0.2, -0.15) is 0 Å². The summed E-state index contributed by atoms with van der Waals surface area (Å²) in [5.41, 5.74) is 1.07. The van der Waals surface area contributed by atoms with Gasteiger partial charge in [-0.3, -0.25) is 13.9 Å². The van der Waals surface area contributed by atoms with Gasteiger partial charge in [-0.05, 0) is 36.2 Å². The Balaban J connectivity index is 1.75. The van der Waals surface area contributed by atoms with Crippen LogP contribution in [0, 0.1) is 0 Å². The first-order valence-electron chi connectivity index (χ1n) is 12.4. The van der Waals surface area contributed by atoms with Crippen molar-refractivity contribution in [2.24, 2.45) is 0 Å². The summed E-state index contributed by atoms with van der Waals surface area (Å²) in [6, 6.07) is 21.2. The van der Waals surface area contributed by atoms with Crippen molar-refractivity contribution in [3.63, 3.8) is 0 Å². The first kappa shape index (κ1) is 27.0. The van der Waals surface area contributed by atoms with E-state index in [1.165, 1.54) is 24.1 Å². The summed E-state index contributed by atoms with van der Waals surface area (Å²) in [6.07, 6.45) is 0.355. The molecule has 2 amide bonds. The van der Waals surface area contributed by atoms with Gasteiger partial charge in [0.1, 0.15) is 25.8 Å². The molecule has 3 aromatic carbocycles. The molecule has 0 bridgehead atoms. The third-order valence-electron chi connectivity index (χ3n) is 6.25. The fourth-order valence-electron chi connectivity index (χ4n) is 4.30. The number of ether oxygens (including phenoxy) is 2. The van der Waals surface area contributed by atoms with Crippen LogP contribution < -0.4 is 19.1 Å². The van der Waals surface area contributed by atoms with Crippen LogP contribution in [0.5, 0.6) is 11.5 Å². The van der Waals surface area contributed by atoms with Crippen molar-refractivity contribution in [2.45, 2.75) is 30.8 Å². The summed E-state index contributed by atoms with van der Waals surface area (Å²) in [7, 11) is -2.64. The predicted molar refractivity (Wildman–Crippen MR) is 144 cm³/mol. The minimum Gasteiger partial charge on any atom is -0.486 e. The molecule has 0 saturated carbocycles. The number of likely N-dealkylation sites (N-methyl/N-ethyl adjacent to an activating group) is 1. The van der Waals surface area contributed by atoms with Crippen molar-refractivity contribution in [1.82, 2.24) is 10.2 Å². The Bertz CT molecular complexity index is 1370. The maximum atomic E-state index is 13.9. The first-order valence-corrected chi connectivity index (χ1v) is 13.8. The van der Waals surface area contributed by atoms with Gasteiger partial charge in [0.05, 0.1) is 10.6 Å². The molecule has 0 unspecified atom stereocenters. The Morgan fingerprint density at radius 1 is 0.921 bits per heavy atom. The topological polar surface area (TPSA) is 105 Å². The molecular formula is C28H31N3O6S. The van der Waals surface area contributed by atoms with Gasteiger partial charge >= 0.3 is 0 Å². The van der Waals surface area contributed by atoms with Gasteiger partial charge in [-0.15, -0.1) is 0 Å². The van der Waals surface area contributed by atoms with Crippen LogP contribution in [0.15, 0.2) is 83.8 Å². The Morgan fingerprint density at radius 3 is 2.18 bits per heavy atom. The summed E-state index contributed by atoms with van der Waals surface area (Å²) in [5, 5.41) is 2.62. The molecule has 9 nitrogen and oxygen atoms in total. The number of anilines is 1. The molecule has 0 fully saturated rings. The third kappa shape index (κ3) is 5.91. The fraction of sp³-hybridized carbons (Fsp3) is 0.286. The van der Waals surface area contributed by atoms with Gasteiger partial charge in [0.25, 0.3) is 10.0 Å². The number of fused-ring (bicyclic) bond motifs is 1. The summed E-state index contributed by atoms with van der Waals surface area (Å²) in [5.74, 6) is 0.0550. The highest BCUT2D eigenvalue weighted by molar-refractivity contribution is 7.92. The average molecular weight is 538 g/mol. The molecule has 0 radical (unpaired) electrons. The zero-order valence-corrected chi connectivity index (χ0v) is 22.2. The monoisotopic (exact) mass is 537 g/mol. The molecule has 0 saturated heterocycles. The quantitative estimate of drug-likeness (QED) is 0.426. The molecule has 0 aromatic heterocycles. The zero-order valence-electron chi connectivity index (χ0n) is 21.4. The van der Waals surface area contributed by atoms with E-state index in [9.17, 15) is 18.0 Å². The van der Waals surface area contributed by atoms with Gasteiger partial charge in [0.2, 0.25) is 11.8 Å². The summed E-state index contributed by atoms with van der Waals surface area (Å²) in [6.45, 7) is 2.16. The molecule has 1 aliphatic heterocycles. The Labute approximate surface area is 223 Å². The van der Waals surface area contributed by atoms with Crippen LogP contribution >= 0.6 is 0 Å². The van der Waals surface area contributed by atoms with E-state index in [4.69, 9.17) is 9.47 Å². The standard InChI is InChI=1S/C28H31N3O6S/c1-3-24(28(33)29-2)30(19-21-10-6-4-7-11-21)27(32)20-31(38(34,35)23-12-8-5-9-13-23)22-14-15-25-26(18-22)37-17-16-36-25/h4-15,18,24H,3,16-17,19-20H2,1-2H3,(H,29,33)/t24-/m1/s1. The lowest BCUT2D eigenvalue weighted by Crippen LogP contribution is -2.51. The highest BCUT2D eigenvalue weighted by atomic mass is 32.2. The number of carbonyl (C=O) groups excluding carboxylic acids is 2. The van der Waals surface area contributed by atoms with Gasteiger partial charge in [-0.25, -0.2) is 8.42 Å². The Kier molecular flexibility index (Phi) is 8.52. The maximum Gasteiger partial charge on any atom is 0.264 e. The van der Waals surface area contributed by atoms with Gasteiger partial charge in [-0.1, -0.05) is 55.5 Å². The number of sulfonamides is 1. The van der Waals surface area contributed by atoms with Crippen molar-refractivity contribution in [1.29, 1.82) is 0 Å². The smallest absolute Gasteiger partial charge is 0.264 e. The second kappa shape index (κ2) is 12.0. The van der Waals surface area contributed by atoms with Crippen LogP contribution in [0.3, 0.4) is 0 Å². The van der Waals surface area contributed by atoms with Gasteiger partial charge in [0.15, 0.2) is 11.5 Å². The van der Waals surface area contributed by atoms with Crippen molar-refractivity contribution in [3.8, 4) is 11.5 Å². The molecule has 1 aliphatic rings. The van der Waals surface area contributed by atoms with E-state index in [1.54, 1.807) is 36.4 Å². The molecule has 1 atom stereocenters. The highest BCUT2D eigenvalue weighted by Gasteiger charge is 2.33. The lowest BCUT2D eigenvalue weighted by atomic mass is 10.1. The summed E-state index contributed by atoms with van der Waals surface area (Å²) in [4.78, 5) is 28.1. The van der Waals surface area contributed by atoms with Crippen molar-refractivity contribution in [2.75, 3.05) is 31.1 Å². The van der Waals surface area contributed by atoms with Crippen LogP contribution in [0.2, 0.25) is 0 Å². The van der Waals surface area contributed by atoms with Crippen molar-refractivity contribution >= 4 is 27.5 Å². The summed E-state index contributed by atoms with van der Waals surface area (Å²) >= 11 is 0. The minimum atomic E-state index is -4.15.